The SMILES string of the molecule is CN1CCC(=C2c3ccccc3COc3c(/C=C/C(=O)O)cccc32)CC1. The lowest BCUT2D eigenvalue weighted by atomic mass is 9.86. The van der Waals surface area contributed by atoms with E-state index in [1.54, 1.807) is 6.08 Å². The summed E-state index contributed by atoms with van der Waals surface area (Å²) in [4.78, 5) is 13.3. The number of hydrogen-bond donors (Lipinski definition) is 1. The number of carbonyl (C=O) groups is 1. The van der Waals surface area contributed by atoms with E-state index >= 15 is 0 Å². The lowest BCUT2D eigenvalue weighted by Gasteiger charge is -2.27. The molecular weight excluding hydrogens is 338 g/mol. The van der Waals surface area contributed by atoms with E-state index in [0.29, 0.717) is 6.61 Å². The van der Waals surface area contributed by atoms with Crippen LogP contribution in [0.5, 0.6) is 5.75 Å². The zero-order chi connectivity index (χ0) is 18.8. The van der Waals surface area contributed by atoms with Gasteiger partial charge in [-0.2, -0.15) is 0 Å². The first-order valence-electron chi connectivity index (χ1n) is 9.29. The highest BCUT2D eigenvalue weighted by molar-refractivity contribution is 5.91. The molecule has 2 aromatic carbocycles. The molecule has 2 aromatic rings. The van der Waals surface area contributed by atoms with Gasteiger partial charge in [0.1, 0.15) is 12.4 Å². The average molecular weight is 361 g/mol. The Kier molecular flexibility index (Phi) is 4.82. The minimum Gasteiger partial charge on any atom is -0.488 e. The van der Waals surface area contributed by atoms with Crippen molar-refractivity contribution in [3.05, 3.63) is 76.4 Å². The smallest absolute Gasteiger partial charge is 0.328 e. The number of nitrogens with zero attached hydrogens (tertiary/aromatic N) is 1. The molecule has 138 valence electrons. The summed E-state index contributed by atoms with van der Waals surface area (Å²) in [6, 6.07) is 14.4. The minimum atomic E-state index is -0.960. The van der Waals surface area contributed by atoms with Crippen LogP contribution < -0.4 is 4.74 Å². The normalized spacial score (nSPS) is 17.2. The van der Waals surface area contributed by atoms with Crippen LogP contribution in [0.4, 0.5) is 0 Å². The van der Waals surface area contributed by atoms with Gasteiger partial charge in [0.2, 0.25) is 0 Å². The van der Waals surface area contributed by atoms with Crippen LogP contribution in [0.2, 0.25) is 0 Å². The highest BCUT2D eigenvalue weighted by Gasteiger charge is 2.25. The fraction of sp³-hybridized carbons (Fsp3) is 0.261. The number of rotatable bonds is 2. The Balaban J connectivity index is 1.92. The molecule has 1 N–H and O–H groups in total. The van der Waals surface area contributed by atoms with Crippen LogP contribution in [0.25, 0.3) is 11.6 Å². The van der Waals surface area contributed by atoms with Crippen molar-refractivity contribution in [2.75, 3.05) is 20.1 Å². The molecule has 1 saturated heterocycles. The van der Waals surface area contributed by atoms with E-state index in [1.807, 2.05) is 18.2 Å². The zero-order valence-electron chi connectivity index (χ0n) is 15.4. The maximum Gasteiger partial charge on any atom is 0.328 e. The van der Waals surface area contributed by atoms with E-state index in [4.69, 9.17) is 9.84 Å². The van der Waals surface area contributed by atoms with Crippen molar-refractivity contribution >= 4 is 17.6 Å². The lowest BCUT2D eigenvalue weighted by molar-refractivity contribution is -0.131. The summed E-state index contributed by atoms with van der Waals surface area (Å²) < 4.78 is 6.19. The van der Waals surface area contributed by atoms with Crippen molar-refractivity contribution in [2.24, 2.45) is 0 Å². The summed E-state index contributed by atoms with van der Waals surface area (Å²) >= 11 is 0. The van der Waals surface area contributed by atoms with Crippen LogP contribution >= 0.6 is 0 Å². The number of carboxylic acid groups (broad SMARTS) is 1. The van der Waals surface area contributed by atoms with Gasteiger partial charge in [0.05, 0.1) is 0 Å². The molecule has 4 heteroatoms. The third-order valence-corrected chi connectivity index (χ3v) is 5.32. The Bertz CT molecular complexity index is 932. The summed E-state index contributed by atoms with van der Waals surface area (Å²) in [6.07, 6.45) is 4.86. The maximum atomic E-state index is 11.0. The number of para-hydroxylation sites is 1. The van der Waals surface area contributed by atoms with Crippen molar-refractivity contribution in [3.63, 3.8) is 0 Å². The second kappa shape index (κ2) is 7.41. The molecule has 2 aliphatic heterocycles. The molecule has 2 aliphatic rings. The molecule has 2 heterocycles. The molecule has 0 aliphatic carbocycles. The zero-order valence-corrected chi connectivity index (χ0v) is 15.4. The van der Waals surface area contributed by atoms with Crippen LogP contribution in [-0.4, -0.2) is 36.1 Å². The average Bonchev–Trinajstić information content (AvgIpc) is 2.84. The monoisotopic (exact) mass is 361 g/mol. The summed E-state index contributed by atoms with van der Waals surface area (Å²) in [5, 5.41) is 9.02. The topological polar surface area (TPSA) is 49.8 Å². The Morgan fingerprint density at radius 1 is 1.07 bits per heavy atom. The number of fused-ring (bicyclic) bond motifs is 2. The van der Waals surface area contributed by atoms with E-state index < -0.39 is 5.97 Å². The molecule has 4 rings (SSSR count). The molecule has 1 fully saturated rings. The Labute approximate surface area is 159 Å². The molecule has 4 nitrogen and oxygen atoms in total. The van der Waals surface area contributed by atoms with Gasteiger partial charge >= 0.3 is 5.97 Å². The van der Waals surface area contributed by atoms with Gasteiger partial charge in [0.25, 0.3) is 0 Å². The van der Waals surface area contributed by atoms with Crippen molar-refractivity contribution in [1.82, 2.24) is 4.90 Å². The number of piperidine rings is 1. The van der Waals surface area contributed by atoms with Crippen LogP contribution in [0, 0.1) is 0 Å². The third-order valence-electron chi connectivity index (χ3n) is 5.32. The van der Waals surface area contributed by atoms with Gasteiger partial charge in [-0.3, -0.25) is 0 Å². The number of carboxylic acids is 1. The molecule has 0 aromatic heterocycles. The Morgan fingerprint density at radius 2 is 1.81 bits per heavy atom. The molecule has 0 atom stereocenters. The number of ether oxygens (including phenoxy) is 1. The van der Waals surface area contributed by atoms with E-state index in [-0.39, 0.29) is 0 Å². The molecule has 0 spiro atoms. The highest BCUT2D eigenvalue weighted by atomic mass is 16.5. The van der Waals surface area contributed by atoms with Gasteiger partial charge < -0.3 is 14.7 Å². The van der Waals surface area contributed by atoms with Gasteiger partial charge in [0.15, 0.2) is 0 Å². The van der Waals surface area contributed by atoms with E-state index in [9.17, 15) is 4.79 Å². The van der Waals surface area contributed by atoms with Crippen LogP contribution in [0.1, 0.15) is 35.1 Å². The van der Waals surface area contributed by atoms with Crippen LogP contribution in [0.15, 0.2) is 54.1 Å². The second-order valence-corrected chi connectivity index (χ2v) is 7.12. The van der Waals surface area contributed by atoms with Crippen LogP contribution in [0.3, 0.4) is 0 Å². The first-order valence-corrected chi connectivity index (χ1v) is 9.29. The number of likely N-dealkylation sites (tertiary alicyclic amines) is 1. The summed E-state index contributed by atoms with van der Waals surface area (Å²) in [5.41, 5.74) is 6.97. The van der Waals surface area contributed by atoms with Gasteiger partial charge in [-0.1, -0.05) is 48.0 Å². The van der Waals surface area contributed by atoms with Gasteiger partial charge in [0, 0.05) is 30.3 Å². The molecule has 0 radical (unpaired) electrons. The highest BCUT2D eigenvalue weighted by Crippen LogP contribution is 2.42. The standard InChI is InChI=1S/C23H23NO3/c1-24-13-11-16(12-14-24)22-19-7-3-2-5-18(19)15-27-23-17(9-10-21(25)26)6-4-8-20(22)23/h2-10H,11-15H2,1H3,(H,25,26)/b10-9+. The number of hydrogen-bond acceptors (Lipinski definition) is 3. The third kappa shape index (κ3) is 3.53. The largest absolute Gasteiger partial charge is 0.488 e. The predicted octanol–water partition coefficient (Wildman–Crippen LogP) is 4.20. The molecule has 0 unspecified atom stereocenters. The number of aliphatic carboxylic acids is 1. The van der Waals surface area contributed by atoms with E-state index in [2.05, 4.69) is 36.2 Å². The molecular formula is C23H23NO3. The second-order valence-electron chi connectivity index (χ2n) is 7.12. The first-order chi connectivity index (χ1) is 13.1. The van der Waals surface area contributed by atoms with E-state index in [0.717, 1.165) is 42.8 Å². The van der Waals surface area contributed by atoms with Gasteiger partial charge in [-0.15, -0.1) is 0 Å². The Hall–Kier alpha value is -2.85. The molecule has 0 amide bonds. The van der Waals surface area contributed by atoms with Crippen molar-refractivity contribution in [1.29, 1.82) is 0 Å². The minimum absolute atomic E-state index is 0.484. The van der Waals surface area contributed by atoms with Gasteiger partial charge in [-0.05, 0) is 42.7 Å². The molecule has 0 bridgehead atoms. The maximum absolute atomic E-state index is 11.0. The predicted molar refractivity (Wildman–Crippen MR) is 107 cm³/mol. The van der Waals surface area contributed by atoms with Crippen LogP contribution in [-0.2, 0) is 11.4 Å². The summed E-state index contributed by atoms with van der Waals surface area (Å²) in [7, 11) is 2.16. The summed E-state index contributed by atoms with van der Waals surface area (Å²) in [6.45, 7) is 2.59. The van der Waals surface area contributed by atoms with Gasteiger partial charge in [-0.25, -0.2) is 4.79 Å². The quantitative estimate of drug-likeness (QED) is 0.815. The lowest BCUT2D eigenvalue weighted by Crippen LogP contribution is -2.27. The summed E-state index contributed by atoms with van der Waals surface area (Å²) in [5.74, 6) is -0.189. The fourth-order valence-electron chi connectivity index (χ4n) is 3.91. The Morgan fingerprint density at radius 3 is 2.59 bits per heavy atom. The molecule has 27 heavy (non-hydrogen) atoms. The number of benzene rings is 2. The molecule has 0 saturated carbocycles. The van der Waals surface area contributed by atoms with E-state index in [1.165, 1.54) is 28.3 Å². The van der Waals surface area contributed by atoms with Crippen molar-refractivity contribution in [2.45, 2.75) is 19.4 Å². The fourth-order valence-corrected chi connectivity index (χ4v) is 3.91. The van der Waals surface area contributed by atoms with Crippen molar-refractivity contribution in [3.8, 4) is 5.75 Å². The first kappa shape index (κ1) is 17.6. The van der Waals surface area contributed by atoms with Crippen molar-refractivity contribution < 1.29 is 14.6 Å².